The van der Waals surface area contributed by atoms with Crippen LogP contribution in [0.1, 0.15) is 66.7 Å². The summed E-state index contributed by atoms with van der Waals surface area (Å²) in [6, 6.07) is 0.441. The lowest BCUT2D eigenvalue weighted by Crippen LogP contribution is -2.56. The Kier molecular flexibility index (Phi) is 5.72. The van der Waals surface area contributed by atoms with Crippen LogP contribution in [0.4, 0.5) is 0 Å². The highest BCUT2D eigenvalue weighted by Crippen LogP contribution is 2.46. The molecule has 2 fully saturated rings. The van der Waals surface area contributed by atoms with Crippen molar-refractivity contribution in [2.75, 3.05) is 19.8 Å². The first-order valence-electron chi connectivity index (χ1n) is 8.91. The summed E-state index contributed by atoms with van der Waals surface area (Å²) >= 11 is 0. The minimum Gasteiger partial charge on any atom is -0.376 e. The van der Waals surface area contributed by atoms with Crippen molar-refractivity contribution < 1.29 is 9.47 Å². The highest BCUT2D eigenvalue weighted by atomic mass is 16.5. The molecule has 2 aliphatic rings. The molecule has 0 amide bonds. The average molecular weight is 297 g/mol. The maximum Gasteiger partial charge on any atom is 0.0778 e. The highest BCUT2D eigenvalue weighted by molar-refractivity contribution is 4.99. The lowest BCUT2D eigenvalue weighted by Gasteiger charge is -2.51. The summed E-state index contributed by atoms with van der Waals surface area (Å²) in [5.74, 6) is 0.676. The lowest BCUT2D eigenvalue weighted by molar-refractivity contribution is -0.157. The normalized spacial score (nSPS) is 28.1. The van der Waals surface area contributed by atoms with E-state index in [0.29, 0.717) is 12.0 Å². The summed E-state index contributed by atoms with van der Waals surface area (Å²) < 4.78 is 12.3. The van der Waals surface area contributed by atoms with Crippen molar-refractivity contribution in [1.82, 2.24) is 5.32 Å². The first-order valence-corrected chi connectivity index (χ1v) is 8.91. The van der Waals surface area contributed by atoms with E-state index >= 15 is 0 Å². The number of nitrogens with one attached hydrogen (secondary N) is 1. The smallest absolute Gasteiger partial charge is 0.0778 e. The maximum atomic E-state index is 6.19. The third-order valence-electron chi connectivity index (χ3n) is 5.27. The minimum atomic E-state index is 0.161. The number of hydrogen-bond donors (Lipinski definition) is 1. The van der Waals surface area contributed by atoms with Crippen LogP contribution >= 0.6 is 0 Å². The number of ether oxygens (including phenoxy) is 2. The Morgan fingerprint density at radius 2 is 2.00 bits per heavy atom. The SMILES string of the molecule is CCNC(C1CCOC2(CCC2)C1)C(OCC)C(C)(C)C. The Labute approximate surface area is 131 Å². The Balaban J connectivity index is 2.12. The van der Waals surface area contributed by atoms with Crippen molar-refractivity contribution in [2.24, 2.45) is 11.3 Å². The van der Waals surface area contributed by atoms with Gasteiger partial charge >= 0.3 is 0 Å². The van der Waals surface area contributed by atoms with E-state index in [1.807, 2.05) is 0 Å². The van der Waals surface area contributed by atoms with E-state index in [1.54, 1.807) is 0 Å². The first-order chi connectivity index (χ1) is 9.92. The van der Waals surface area contributed by atoms with E-state index in [4.69, 9.17) is 9.47 Å². The molecule has 1 saturated carbocycles. The van der Waals surface area contributed by atoms with Gasteiger partial charge in [0.15, 0.2) is 0 Å². The number of hydrogen-bond acceptors (Lipinski definition) is 3. The molecule has 1 N–H and O–H groups in total. The summed E-state index contributed by atoms with van der Waals surface area (Å²) in [5.41, 5.74) is 0.374. The zero-order valence-corrected chi connectivity index (χ0v) is 14.7. The predicted octanol–water partition coefficient (Wildman–Crippen LogP) is 3.77. The van der Waals surface area contributed by atoms with Crippen molar-refractivity contribution in [2.45, 2.75) is 84.5 Å². The van der Waals surface area contributed by atoms with Crippen LogP contribution in [-0.2, 0) is 9.47 Å². The van der Waals surface area contributed by atoms with Crippen molar-refractivity contribution >= 4 is 0 Å². The van der Waals surface area contributed by atoms with E-state index in [2.05, 4.69) is 39.9 Å². The third-order valence-corrected chi connectivity index (χ3v) is 5.27. The molecule has 0 aromatic carbocycles. The summed E-state index contributed by atoms with van der Waals surface area (Å²) in [5, 5.41) is 3.75. The molecule has 2 rings (SSSR count). The summed E-state index contributed by atoms with van der Waals surface area (Å²) in [4.78, 5) is 0. The fraction of sp³-hybridized carbons (Fsp3) is 1.00. The molecular weight excluding hydrogens is 262 g/mol. The quantitative estimate of drug-likeness (QED) is 0.809. The molecule has 1 aliphatic carbocycles. The molecule has 124 valence electrons. The van der Waals surface area contributed by atoms with Gasteiger partial charge in [0, 0.05) is 19.3 Å². The summed E-state index contributed by atoms with van der Waals surface area (Å²) in [7, 11) is 0. The van der Waals surface area contributed by atoms with Crippen LogP contribution < -0.4 is 5.32 Å². The van der Waals surface area contributed by atoms with Crippen molar-refractivity contribution in [3.63, 3.8) is 0 Å². The lowest BCUT2D eigenvalue weighted by atomic mass is 9.68. The van der Waals surface area contributed by atoms with Gasteiger partial charge in [-0.25, -0.2) is 0 Å². The van der Waals surface area contributed by atoms with Gasteiger partial charge in [0.05, 0.1) is 11.7 Å². The van der Waals surface area contributed by atoms with E-state index < -0.39 is 0 Å². The van der Waals surface area contributed by atoms with E-state index in [1.165, 1.54) is 32.1 Å². The predicted molar refractivity (Wildman–Crippen MR) is 87.6 cm³/mol. The van der Waals surface area contributed by atoms with Gasteiger partial charge < -0.3 is 14.8 Å². The molecule has 0 radical (unpaired) electrons. The highest BCUT2D eigenvalue weighted by Gasteiger charge is 2.47. The molecule has 21 heavy (non-hydrogen) atoms. The van der Waals surface area contributed by atoms with Crippen LogP contribution in [0.15, 0.2) is 0 Å². The molecular formula is C18H35NO2. The summed E-state index contributed by atoms with van der Waals surface area (Å²) in [6.07, 6.45) is 6.51. The molecule has 3 atom stereocenters. The van der Waals surface area contributed by atoms with E-state index in [0.717, 1.165) is 19.8 Å². The van der Waals surface area contributed by atoms with E-state index in [-0.39, 0.29) is 17.1 Å². The Morgan fingerprint density at radius 3 is 2.48 bits per heavy atom. The van der Waals surface area contributed by atoms with Gasteiger partial charge in [-0.2, -0.15) is 0 Å². The second kappa shape index (κ2) is 6.97. The van der Waals surface area contributed by atoms with Crippen molar-refractivity contribution in [1.29, 1.82) is 0 Å². The van der Waals surface area contributed by atoms with Crippen LogP contribution in [0.3, 0.4) is 0 Å². The fourth-order valence-electron chi connectivity index (χ4n) is 4.12. The Bertz CT molecular complexity index is 320. The van der Waals surface area contributed by atoms with Gasteiger partial charge in [-0.1, -0.05) is 27.7 Å². The summed E-state index contributed by atoms with van der Waals surface area (Å²) in [6.45, 7) is 13.9. The Hall–Kier alpha value is -0.120. The largest absolute Gasteiger partial charge is 0.376 e. The monoisotopic (exact) mass is 297 g/mol. The first kappa shape index (κ1) is 17.2. The number of likely N-dealkylation sites (N-methyl/N-ethyl adjacent to an activating group) is 1. The van der Waals surface area contributed by atoms with Gasteiger partial charge in [0.1, 0.15) is 0 Å². The third kappa shape index (κ3) is 4.00. The van der Waals surface area contributed by atoms with Gasteiger partial charge in [0.2, 0.25) is 0 Å². The van der Waals surface area contributed by atoms with Gasteiger partial charge in [0.25, 0.3) is 0 Å². The number of rotatable bonds is 6. The zero-order valence-electron chi connectivity index (χ0n) is 14.7. The molecule has 3 unspecified atom stereocenters. The molecule has 1 saturated heterocycles. The topological polar surface area (TPSA) is 30.5 Å². The van der Waals surface area contributed by atoms with Crippen LogP contribution in [0.5, 0.6) is 0 Å². The van der Waals surface area contributed by atoms with Crippen LogP contribution in [0.25, 0.3) is 0 Å². The molecule has 3 heteroatoms. The molecule has 0 aromatic heterocycles. The fourth-order valence-corrected chi connectivity index (χ4v) is 4.12. The minimum absolute atomic E-state index is 0.161. The van der Waals surface area contributed by atoms with Crippen molar-refractivity contribution in [3.05, 3.63) is 0 Å². The average Bonchev–Trinajstić information content (AvgIpc) is 2.40. The second-order valence-corrected chi connectivity index (χ2v) is 7.96. The van der Waals surface area contributed by atoms with E-state index in [9.17, 15) is 0 Å². The van der Waals surface area contributed by atoms with Gasteiger partial charge in [-0.3, -0.25) is 0 Å². The Morgan fingerprint density at radius 1 is 1.29 bits per heavy atom. The molecule has 3 nitrogen and oxygen atoms in total. The van der Waals surface area contributed by atoms with Gasteiger partial charge in [-0.05, 0) is 56.9 Å². The van der Waals surface area contributed by atoms with Crippen molar-refractivity contribution in [3.8, 4) is 0 Å². The molecule has 0 aromatic rings. The zero-order chi connectivity index (χ0) is 15.5. The molecule has 0 bridgehead atoms. The second-order valence-electron chi connectivity index (χ2n) is 7.96. The maximum absolute atomic E-state index is 6.19. The molecule has 1 spiro atoms. The molecule has 1 aliphatic heterocycles. The van der Waals surface area contributed by atoms with Crippen LogP contribution in [0, 0.1) is 11.3 Å². The standard InChI is InChI=1S/C18H35NO2/c1-6-19-15(16(20-7-2)17(3,4)5)14-9-12-21-18(13-14)10-8-11-18/h14-16,19H,6-13H2,1-5H3. The molecule has 1 heterocycles. The van der Waals surface area contributed by atoms with Gasteiger partial charge in [-0.15, -0.1) is 0 Å². The van der Waals surface area contributed by atoms with Crippen LogP contribution in [0.2, 0.25) is 0 Å². The van der Waals surface area contributed by atoms with Crippen LogP contribution in [-0.4, -0.2) is 37.5 Å².